The SMILES string of the molecule is CC1=COC=C(B2OC(C)(C)C(C)(C)O2)N1C(=O)OC(C)(C)C. The Bertz CT molecular complexity index is 543. The molecule has 23 heavy (non-hydrogen) atoms. The summed E-state index contributed by atoms with van der Waals surface area (Å²) in [7, 11) is -0.712. The highest BCUT2D eigenvalue weighted by Gasteiger charge is 2.55. The van der Waals surface area contributed by atoms with Crippen LogP contribution in [0.5, 0.6) is 0 Å². The molecule has 2 rings (SSSR count). The zero-order chi connectivity index (χ0) is 17.6. The molecule has 128 valence electrons. The number of hydrogen-bond acceptors (Lipinski definition) is 5. The maximum absolute atomic E-state index is 12.6. The molecule has 0 bridgehead atoms. The summed E-state index contributed by atoms with van der Waals surface area (Å²) in [5.41, 5.74) is -0.541. The molecule has 6 nitrogen and oxygen atoms in total. The first-order valence-corrected chi connectivity index (χ1v) is 7.75. The van der Waals surface area contributed by atoms with Crippen molar-refractivity contribution in [3.8, 4) is 0 Å². The summed E-state index contributed by atoms with van der Waals surface area (Å²) in [5, 5.41) is 0. The predicted molar refractivity (Wildman–Crippen MR) is 87.1 cm³/mol. The summed E-state index contributed by atoms with van der Waals surface area (Å²) < 4.78 is 22.8. The number of amides is 1. The van der Waals surface area contributed by atoms with E-state index in [0.29, 0.717) is 11.3 Å². The van der Waals surface area contributed by atoms with E-state index < -0.39 is 30.0 Å². The van der Waals surface area contributed by atoms with Crippen LogP contribution in [0.4, 0.5) is 4.79 Å². The molecule has 0 N–H and O–H groups in total. The molecular formula is C16H26BNO5. The molecule has 0 radical (unpaired) electrons. The Morgan fingerprint density at radius 3 is 2.13 bits per heavy atom. The molecular weight excluding hydrogens is 297 g/mol. The van der Waals surface area contributed by atoms with Crippen LogP contribution in [0.2, 0.25) is 0 Å². The van der Waals surface area contributed by atoms with E-state index in [1.54, 1.807) is 6.92 Å². The van der Waals surface area contributed by atoms with Crippen molar-refractivity contribution < 1.29 is 23.6 Å². The number of nitrogens with zero attached hydrogens (tertiary/aromatic N) is 1. The summed E-state index contributed by atoms with van der Waals surface area (Å²) in [6, 6.07) is 0. The molecule has 2 aliphatic heterocycles. The molecule has 1 fully saturated rings. The summed E-state index contributed by atoms with van der Waals surface area (Å²) in [6.07, 6.45) is 2.45. The average molecular weight is 323 g/mol. The van der Waals surface area contributed by atoms with Crippen LogP contribution in [0.15, 0.2) is 23.8 Å². The normalized spacial score (nSPS) is 23.1. The van der Waals surface area contributed by atoms with E-state index in [1.165, 1.54) is 17.4 Å². The lowest BCUT2D eigenvalue weighted by Gasteiger charge is -2.32. The van der Waals surface area contributed by atoms with E-state index in [2.05, 4.69) is 0 Å². The van der Waals surface area contributed by atoms with Crippen molar-refractivity contribution in [2.24, 2.45) is 0 Å². The molecule has 0 unspecified atom stereocenters. The Balaban J connectivity index is 2.27. The number of carbonyl (C=O) groups is 1. The summed E-state index contributed by atoms with van der Waals surface area (Å²) in [6.45, 7) is 15.1. The van der Waals surface area contributed by atoms with Crippen molar-refractivity contribution in [1.29, 1.82) is 0 Å². The van der Waals surface area contributed by atoms with Gasteiger partial charge in [0.2, 0.25) is 0 Å². The molecule has 0 aromatic carbocycles. The van der Waals surface area contributed by atoms with Gasteiger partial charge in [-0.2, -0.15) is 0 Å². The van der Waals surface area contributed by atoms with E-state index >= 15 is 0 Å². The molecule has 0 aromatic heterocycles. The quantitative estimate of drug-likeness (QED) is 0.690. The zero-order valence-electron chi connectivity index (χ0n) is 15.2. The number of rotatable bonds is 1. The fourth-order valence-electron chi connectivity index (χ4n) is 2.19. The molecule has 2 aliphatic rings. The first-order valence-electron chi connectivity index (χ1n) is 7.75. The molecule has 0 saturated carbocycles. The van der Waals surface area contributed by atoms with Crippen molar-refractivity contribution >= 4 is 13.2 Å². The van der Waals surface area contributed by atoms with Crippen LogP contribution in [0, 0.1) is 0 Å². The minimum atomic E-state index is -0.712. The topological polar surface area (TPSA) is 57.2 Å². The average Bonchev–Trinajstić information content (AvgIpc) is 2.55. The molecule has 1 amide bonds. The van der Waals surface area contributed by atoms with E-state index in [1.807, 2.05) is 48.5 Å². The Morgan fingerprint density at radius 1 is 1.13 bits per heavy atom. The first-order chi connectivity index (χ1) is 10.3. The molecule has 2 heterocycles. The van der Waals surface area contributed by atoms with Gasteiger partial charge in [0.05, 0.1) is 22.5 Å². The van der Waals surface area contributed by atoms with E-state index in [4.69, 9.17) is 18.8 Å². The highest BCUT2D eigenvalue weighted by molar-refractivity contribution is 6.54. The highest BCUT2D eigenvalue weighted by atomic mass is 16.7. The van der Waals surface area contributed by atoms with E-state index in [9.17, 15) is 4.79 Å². The van der Waals surface area contributed by atoms with Crippen molar-refractivity contribution in [2.75, 3.05) is 0 Å². The monoisotopic (exact) mass is 323 g/mol. The van der Waals surface area contributed by atoms with E-state index in [-0.39, 0.29) is 0 Å². The van der Waals surface area contributed by atoms with Gasteiger partial charge in [0.1, 0.15) is 18.1 Å². The second kappa shape index (κ2) is 5.56. The highest BCUT2D eigenvalue weighted by Crippen LogP contribution is 2.40. The molecule has 1 saturated heterocycles. The smallest absolute Gasteiger partial charge is 0.470 e. The second-order valence-corrected chi connectivity index (χ2v) is 7.84. The van der Waals surface area contributed by atoms with Gasteiger partial charge in [-0.3, -0.25) is 4.90 Å². The Hall–Kier alpha value is -1.47. The largest absolute Gasteiger partial charge is 0.516 e. The minimum Gasteiger partial charge on any atom is -0.470 e. The molecule has 7 heteroatoms. The third kappa shape index (κ3) is 3.56. The van der Waals surface area contributed by atoms with E-state index in [0.717, 1.165) is 0 Å². The van der Waals surface area contributed by atoms with Gasteiger partial charge in [-0.1, -0.05) is 0 Å². The van der Waals surface area contributed by atoms with Crippen LogP contribution in [-0.4, -0.2) is 34.9 Å². The number of allylic oxidation sites excluding steroid dienone is 1. The van der Waals surface area contributed by atoms with Crippen LogP contribution in [0.25, 0.3) is 0 Å². The van der Waals surface area contributed by atoms with Crippen molar-refractivity contribution in [1.82, 2.24) is 4.90 Å². The third-order valence-electron chi connectivity index (χ3n) is 4.11. The van der Waals surface area contributed by atoms with Crippen LogP contribution < -0.4 is 0 Å². The standard InChI is InChI=1S/C16H26BNO5/c1-11-9-20-10-12(18(11)13(19)21-14(2,3)4)17-22-15(5,6)16(7,8)23-17/h9-10H,1-8H3. The second-order valence-electron chi connectivity index (χ2n) is 7.84. The summed E-state index contributed by atoms with van der Waals surface area (Å²) in [5.74, 6) is 0. The molecule has 0 aliphatic carbocycles. The van der Waals surface area contributed by atoms with Gasteiger partial charge < -0.3 is 18.8 Å². The van der Waals surface area contributed by atoms with Crippen LogP contribution >= 0.6 is 0 Å². The van der Waals surface area contributed by atoms with Crippen LogP contribution in [-0.2, 0) is 18.8 Å². The van der Waals surface area contributed by atoms with Crippen molar-refractivity contribution in [3.63, 3.8) is 0 Å². The van der Waals surface area contributed by atoms with Gasteiger partial charge in [-0.05, 0) is 55.4 Å². The van der Waals surface area contributed by atoms with Gasteiger partial charge in [0.15, 0.2) is 0 Å². The van der Waals surface area contributed by atoms with Gasteiger partial charge in [-0.25, -0.2) is 4.79 Å². The van der Waals surface area contributed by atoms with Gasteiger partial charge in [-0.15, -0.1) is 0 Å². The van der Waals surface area contributed by atoms with Gasteiger partial charge >= 0.3 is 13.2 Å². The van der Waals surface area contributed by atoms with Crippen molar-refractivity contribution in [2.45, 2.75) is 72.2 Å². The molecule has 0 spiro atoms. The number of carbonyl (C=O) groups excluding carboxylic acids is 1. The van der Waals surface area contributed by atoms with Gasteiger partial charge in [0.25, 0.3) is 0 Å². The van der Waals surface area contributed by atoms with Gasteiger partial charge in [0, 0.05) is 0 Å². The maximum Gasteiger partial charge on any atom is 0.516 e. The first kappa shape index (κ1) is 17.9. The maximum atomic E-state index is 12.6. The fourth-order valence-corrected chi connectivity index (χ4v) is 2.19. The Labute approximate surface area is 138 Å². The van der Waals surface area contributed by atoms with Crippen LogP contribution in [0.3, 0.4) is 0 Å². The molecule has 0 aromatic rings. The number of hydrogen-bond donors (Lipinski definition) is 0. The minimum absolute atomic E-state index is 0.470. The molecule has 0 atom stereocenters. The Kier molecular flexibility index (Phi) is 4.32. The summed E-state index contributed by atoms with van der Waals surface area (Å²) in [4.78, 5) is 14.0. The predicted octanol–water partition coefficient (Wildman–Crippen LogP) is 3.59. The number of ether oxygens (including phenoxy) is 2. The fraction of sp³-hybridized carbons (Fsp3) is 0.688. The summed E-state index contributed by atoms with van der Waals surface area (Å²) >= 11 is 0. The zero-order valence-corrected chi connectivity index (χ0v) is 15.2. The third-order valence-corrected chi connectivity index (χ3v) is 4.11. The Morgan fingerprint density at radius 2 is 1.65 bits per heavy atom. The lowest BCUT2D eigenvalue weighted by molar-refractivity contribution is 0.00578. The lowest BCUT2D eigenvalue weighted by Crippen LogP contribution is -2.42. The van der Waals surface area contributed by atoms with Crippen molar-refractivity contribution in [3.05, 3.63) is 23.8 Å². The van der Waals surface area contributed by atoms with Crippen LogP contribution in [0.1, 0.15) is 55.4 Å². The lowest BCUT2D eigenvalue weighted by atomic mass is 9.83.